The minimum Gasteiger partial charge on any atom is -0.314 e. The van der Waals surface area contributed by atoms with E-state index in [0.717, 1.165) is 37.7 Å². The summed E-state index contributed by atoms with van der Waals surface area (Å²) >= 11 is 0. The van der Waals surface area contributed by atoms with Crippen LogP contribution in [0.25, 0.3) is 0 Å². The Morgan fingerprint density at radius 2 is 1.83 bits per heavy atom. The van der Waals surface area contributed by atoms with Gasteiger partial charge in [-0.05, 0) is 56.2 Å². The first-order chi connectivity index (χ1) is 11.3. The second kappa shape index (κ2) is 7.85. The molecule has 4 nitrogen and oxygen atoms in total. The maximum Gasteiger partial charge on any atom is 0.241 e. The van der Waals surface area contributed by atoms with E-state index in [1.54, 1.807) is 0 Å². The lowest BCUT2D eigenvalue weighted by Crippen LogP contribution is -2.47. The van der Waals surface area contributed by atoms with Crippen LogP contribution in [0.5, 0.6) is 0 Å². The van der Waals surface area contributed by atoms with Gasteiger partial charge in [0, 0.05) is 31.4 Å². The van der Waals surface area contributed by atoms with Gasteiger partial charge in [0.2, 0.25) is 5.91 Å². The van der Waals surface area contributed by atoms with Gasteiger partial charge in [-0.1, -0.05) is 18.2 Å². The summed E-state index contributed by atoms with van der Waals surface area (Å²) in [5, 5.41) is 3.70. The predicted octanol–water partition coefficient (Wildman–Crippen LogP) is 2.46. The number of carbonyl (C=O) groups is 1. The van der Waals surface area contributed by atoms with Gasteiger partial charge in [0.15, 0.2) is 0 Å². The Kier molecular flexibility index (Phi) is 5.80. The Bertz CT molecular complexity index is 567. The molecule has 24 heavy (non-hydrogen) atoms. The Morgan fingerprint density at radius 3 is 2.58 bits per heavy atom. The van der Waals surface area contributed by atoms with Crippen molar-refractivity contribution in [3.8, 4) is 0 Å². The molecular weight excluding hydrogens is 322 g/mol. The molecule has 1 saturated heterocycles. The highest BCUT2D eigenvalue weighted by Gasteiger charge is 2.28. The normalized spacial score (nSPS) is 21.4. The summed E-state index contributed by atoms with van der Waals surface area (Å²) < 4.78 is 0. The molecule has 0 spiro atoms. The third kappa shape index (κ3) is 4.11. The number of rotatable bonds is 5. The molecule has 1 amide bonds. The quantitative estimate of drug-likeness (QED) is 0.887. The van der Waals surface area contributed by atoms with Crippen LogP contribution in [-0.4, -0.2) is 49.6 Å². The number of nitrogens with one attached hydrogen (secondary N) is 1. The molecule has 1 aliphatic carbocycles. The highest BCUT2D eigenvalue weighted by molar-refractivity contribution is 5.96. The van der Waals surface area contributed by atoms with Crippen molar-refractivity contribution >= 4 is 24.0 Å². The van der Waals surface area contributed by atoms with E-state index in [2.05, 4.69) is 28.4 Å². The van der Waals surface area contributed by atoms with Crippen LogP contribution in [0.15, 0.2) is 24.3 Å². The second-order valence-electron chi connectivity index (χ2n) is 7.33. The van der Waals surface area contributed by atoms with Gasteiger partial charge in [-0.3, -0.25) is 9.69 Å². The monoisotopic (exact) mass is 349 g/mol. The molecule has 0 bridgehead atoms. The van der Waals surface area contributed by atoms with Crippen LogP contribution >= 0.6 is 12.4 Å². The number of halogens is 1. The first-order valence-electron chi connectivity index (χ1n) is 9.13. The fraction of sp³-hybridized carbons (Fsp3) is 0.632. The molecule has 0 atom stereocenters. The maximum atomic E-state index is 12.6. The van der Waals surface area contributed by atoms with Gasteiger partial charge < -0.3 is 10.2 Å². The molecule has 4 rings (SSSR count). The molecule has 2 heterocycles. The Labute approximate surface area is 151 Å². The van der Waals surface area contributed by atoms with Crippen LogP contribution in [-0.2, 0) is 11.2 Å². The van der Waals surface area contributed by atoms with E-state index in [1.165, 1.54) is 37.8 Å². The van der Waals surface area contributed by atoms with Gasteiger partial charge in [0.25, 0.3) is 0 Å². The van der Waals surface area contributed by atoms with Crippen molar-refractivity contribution < 1.29 is 4.79 Å². The highest BCUT2D eigenvalue weighted by Crippen LogP contribution is 2.29. The summed E-state index contributed by atoms with van der Waals surface area (Å²) in [6, 6.07) is 8.97. The molecule has 0 aromatic heterocycles. The predicted molar refractivity (Wildman–Crippen MR) is 99.9 cm³/mol. The highest BCUT2D eigenvalue weighted by atomic mass is 35.5. The van der Waals surface area contributed by atoms with E-state index in [4.69, 9.17) is 0 Å². The number of carbonyl (C=O) groups excluding carboxylic acids is 1. The number of hydrogen-bond acceptors (Lipinski definition) is 3. The fourth-order valence-electron chi connectivity index (χ4n) is 3.82. The molecule has 3 aliphatic rings. The summed E-state index contributed by atoms with van der Waals surface area (Å²) in [6.45, 7) is 4.71. The Balaban J connectivity index is 0.00000169. The minimum absolute atomic E-state index is 0. The zero-order chi connectivity index (χ0) is 15.6. The lowest BCUT2D eigenvalue weighted by molar-refractivity contribution is -0.119. The topological polar surface area (TPSA) is 35.6 Å². The van der Waals surface area contributed by atoms with Gasteiger partial charge in [0.1, 0.15) is 0 Å². The lowest BCUT2D eigenvalue weighted by atomic mass is 10.0. The standard InChI is InChI=1S/C19H27N3O.ClH/c23-19(22-12-7-16-3-1-2-4-18(16)22)14-21-10-8-17(9-11-21)20-13-15-5-6-15;/h1-4,15,17,20H,5-14H2;1H. The van der Waals surface area contributed by atoms with E-state index in [0.29, 0.717) is 12.6 Å². The molecule has 2 aliphatic heterocycles. The van der Waals surface area contributed by atoms with E-state index in [-0.39, 0.29) is 18.3 Å². The van der Waals surface area contributed by atoms with Crippen molar-refractivity contribution in [2.75, 3.05) is 37.6 Å². The van der Waals surface area contributed by atoms with Crippen LogP contribution in [0.4, 0.5) is 5.69 Å². The molecule has 5 heteroatoms. The first kappa shape index (κ1) is 17.7. The number of anilines is 1. The molecule has 2 fully saturated rings. The van der Waals surface area contributed by atoms with Crippen molar-refractivity contribution in [2.45, 2.75) is 38.1 Å². The van der Waals surface area contributed by atoms with Gasteiger partial charge in [-0.25, -0.2) is 0 Å². The van der Waals surface area contributed by atoms with E-state index in [1.807, 2.05) is 11.0 Å². The maximum absolute atomic E-state index is 12.6. The number of hydrogen-bond donors (Lipinski definition) is 1. The molecule has 1 saturated carbocycles. The van der Waals surface area contributed by atoms with Crippen LogP contribution in [0.1, 0.15) is 31.2 Å². The number of likely N-dealkylation sites (tertiary alicyclic amines) is 1. The average molecular weight is 350 g/mol. The molecule has 1 aromatic carbocycles. The molecule has 132 valence electrons. The number of para-hydroxylation sites is 1. The van der Waals surface area contributed by atoms with Crippen molar-refractivity contribution in [1.82, 2.24) is 10.2 Å². The third-order valence-electron chi connectivity index (χ3n) is 5.53. The smallest absolute Gasteiger partial charge is 0.241 e. The zero-order valence-corrected chi connectivity index (χ0v) is 15.1. The van der Waals surface area contributed by atoms with E-state index in [9.17, 15) is 4.79 Å². The molecule has 1 N–H and O–H groups in total. The van der Waals surface area contributed by atoms with Gasteiger partial charge in [-0.2, -0.15) is 0 Å². The number of nitrogens with zero attached hydrogens (tertiary/aromatic N) is 2. The van der Waals surface area contributed by atoms with Gasteiger partial charge >= 0.3 is 0 Å². The van der Waals surface area contributed by atoms with Crippen LogP contribution in [0, 0.1) is 5.92 Å². The van der Waals surface area contributed by atoms with Crippen molar-refractivity contribution in [1.29, 1.82) is 0 Å². The van der Waals surface area contributed by atoms with Crippen LogP contribution in [0.3, 0.4) is 0 Å². The number of benzene rings is 1. The lowest BCUT2D eigenvalue weighted by Gasteiger charge is -2.33. The average Bonchev–Trinajstić information content (AvgIpc) is 3.31. The number of piperidine rings is 1. The van der Waals surface area contributed by atoms with Gasteiger partial charge in [-0.15, -0.1) is 12.4 Å². The summed E-state index contributed by atoms with van der Waals surface area (Å²) in [7, 11) is 0. The Hall–Kier alpha value is -1.10. The second-order valence-corrected chi connectivity index (χ2v) is 7.33. The zero-order valence-electron chi connectivity index (χ0n) is 14.2. The molecular formula is C19H28ClN3O. The first-order valence-corrected chi connectivity index (χ1v) is 9.13. The fourth-order valence-corrected chi connectivity index (χ4v) is 3.82. The summed E-state index contributed by atoms with van der Waals surface area (Å²) in [5.41, 5.74) is 2.43. The van der Waals surface area contributed by atoms with Crippen molar-refractivity contribution in [3.05, 3.63) is 29.8 Å². The molecule has 1 aromatic rings. The largest absolute Gasteiger partial charge is 0.314 e. The number of fused-ring (bicyclic) bond motifs is 1. The summed E-state index contributed by atoms with van der Waals surface area (Å²) in [6.07, 6.45) is 6.18. The van der Waals surface area contributed by atoms with Crippen LogP contribution in [0.2, 0.25) is 0 Å². The van der Waals surface area contributed by atoms with Gasteiger partial charge in [0.05, 0.1) is 6.54 Å². The summed E-state index contributed by atoms with van der Waals surface area (Å²) in [5.74, 6) is 1.21. The SMILES string of the molecule is Cl.O=C(CN1CCC(NCC2CC2)CC1)N1CCc2ccccc21. The van der Waals surface area contributed by atoms with E-state index < -0.39 is 0 Å². The molecule has 0 radical (unpaired) electrons. The van der Waals surface area contributed by atoms with E-state index >= 15 is 0 Å². The minimum atomic E-state index is 0. The number of amides is 1. The van der Waals surface area contributed by atoms with Crippen molar-refractivity contribution in [2.24, 2.45) is 5.92 Å². The van der Waals surface area contributed by atoms with Crippen molar-refractivity contribution in [3.63, 3.8) is 0 Å². The van der Waals surface area contributed by atoms with Crippen LogP contribution < -0.4 is 10.2 Å². The summed E-state index contributed by atoms with van der Waals surface area (Å²) in [4.78, 5) is 17.0. The Morgan fingerprint density at radius 1 is 1.08 bits per heavy atom. The third-order valence-corrected chi connectivity index (χ3v) is 5.53. The molecule has 0 unspecified atom stereocenters.